The number of nitrogens with zero attached hydrogens (tertiary/aromatic N) is 1. The molecule has 3 rings (SSSR count). The molecule has 0 spiro atoms. The Morgan fingerprint density at radius 3 is 2.58 bits per heavy atom. The van der Waals surface area contributed by atoms with E-state index in [2.05, 4.69) is 24.5 Å². The Kier molecular flexibility index (Phi) is 5.06. The number of hydrogen-bond donors (Lipinski definition) is 2. The van der Waals surface area contributed by atoms with E-state index in [1.165, 1.54) is 0 Å². The highest BCUT2D eigenvalue weighted by molar-refractivity contribution is 6.01. The molecular formula is C19H25N3O4. The molecule has 7 nitrogen and oxygen atoms in total. The fourth-order valence-electron chi connectivity index (χ4n) is 3.31. The molecule has 7 heteroatoms. The molecule has 0 fully saturated rings. The lowest BCUT2D eigenvalue weighted by atomic mass is 9.96. The molecule has 2 N–H and O–H groups in total. The summed E-state index contributed by atoms with van der Waals surface area (Å²) in [6.07, 6.45) is 0.925. The second-order valence-corrected chi connectivity index (χ2v) is 6.95. The topological polar surface area (TPSA) is 79.9 Å². The van der Waals surface area contributed by atoms with E-state index in [9.17, 15) is 9.59 Å². The van der Waals surface area contributed by atoms with Gasteiger partial charge in [-0.1, -0.05) is 19.9 Å². The van der Waals surface area contributed by atoms with E-state index < -0.39 is 6.04 Å². The predicted octanol–water partition coefficient (Wildman–Crippen LogP) is 2.20. The molecule has 1 atom stereocenters. The van der Waals surface area contributed by atoms with E-state index in [1.54, 1.807) is 31.3 Å². The van der Waals surface area contributed by atoms with Crippen LogP contribution in [0.15, 0.2) is 29.5 Å². The molecule has 0 radical (unpaired) electrons. The average Bonchev–Trinajstić information content (AvgIpc) is 2.94. The summed E-state index contributed by atoms with van der Waals surface area (Å²) in [5.74, 6) is 1.63. The fraction of sp³-hybridized carbons (Fsp3) is 0.474. The number of carbonyl (C=O) groups excluding carboxylic acids is 2. The Hall–Kier alpha value is -2.70. The smallest absolute Gasteiger partial charge is 0.319 e. The van der Waals surface area contributed by atoms with Crippen LogP contribution in [0, 0.1) is 5.92 Å². The zero-order chi connectivity index (χ0) is 18.8. The molecule has 140 valence electrons. The summed E-state index contributed by atoms with van der Waals surface area (Å²) in [6.45, 7) is 5.38. The van der Waals surface area contributed by atoms with E-state index in [0.29, 0.717) is 41.8 Å². The summed E-state index contributed by atoms with van der Waals surface area (Å²) >= 11 is 0. The first-order valence-corrected chi connectivity index (χ1v) is 8.76. The summed E-state index contributed by atoms with van der Waals surface area (Å²) in [7, 11) is 3.12. The summed E-state index contributed by atoms with van der Waals surface area (Å²) in [5, 5.41) is 5.65. The Morgan fingerprint density at radius 1 is 1.19 bits per heavy atom. The molecule has 0 aromatic heterocycles. The van der Waals surface area contributed by atoms with Crippen LogP contribution in [0.5, 0.6) is 11.5 Å². The van der Waals surface area contributed by atoms with Gasteiger partial charge in [0, 0.05) is 6.54 Å². The van der Waals surface area contributed by atoms with Crippen molar-refractivity contribution in [1.82, 2.24) is 15.5 Å². The highest BCUT2D eigenvalue weighted by Gasteiger charge is 2.40. The summed E-state index contributed by atoms with van der Waals surface area (Å²) in [4.78, 5) is 26.8. The van der Waals surface area contributed by atoms with Gasteiger partial charge in [-0.15, -0.1) is 0 Å². The third-order valence-electron chi connectivity index (χ3n) is 4.74. The van der Waals surface area contributed by atoms with Gasteiger partial charge in [0.15, 0.2) is 11.5 Å². The van der Waals surface area contributed by atoms with Gasteiger partial charge in [-0.25, -0.2) is 4.79 Å². The van der Waals surface area contributed by atoms with Crippen LogP contribution in [0.1, 0.15) is 31.9 Å². The van der Waals surface area contributed by atoms with Crippen LogP contribution in [0.4, 0.5) is 4.79 Å². The van der Waals surface area contributed by atoms with Crippen LogP contribution < -0.4 is 20.1 Å². The van der Waals surface area contributed by atoms with Crippen molar-refractivity contribution < 1.29 is 19.1 Å². The maximum atomic E-state index is 12.9. The molecule has 0 bridgehead atoms. The normalized spacial score (nSPS) is 19.4. The van der Waals surface area contributed by atoms with Crippen LogP contribution >= 0.6 is 0 Å². The first kappa shape index (κ1) is 18.1. The number of benzene rings is 1. The van der Waals surface area contributed by atoms with Gasteiger partial charge in [-0.3, -0.25) is 4.79 Å². The van der Waals surface area contributed by atoms with Gasteiger partial charge in [-0.2, -0.15) is 0 Å². The lowest BCUT2D eigenvalue weighted by Crippen LogP contribution is -2.44. The van der Waals surface area contributed by atoms with Gasteiger partial charge in [0.2, 0.25) is 0 Å². The van der Waals surface area contributed by atoms with E-state index in [4.69, 9.17) is 9.47 Å². The van der Waals surface area contributed by atoms with Gasteiger partial charge < -0.3 is 25.0 Å². The number of nitrogens with one attached hydrogen (secondary N) is 2. The summed E-state index contributed by atoms with van der Waals surface area (Å²) in [6, 6.07) is 4.60. The largest absolute Gasteiger partial charge is 0.493 e. The van der Waals surface area contributed by atoms with Gasteiger partial charge >= 0.3 is 6.03 Å². The number of rotatable bonds is 6. The van der Waals surface area contributed by atoms with Gasteiger partial charge in [0.1, 0.15) is 0 Å². The van der Waals surface area contributed by atoms with Crippen LogP contribution in [-0.4, -0.2) is 44.1 Å². The second-order valence-electron chi connectivity index (χ2n) is 6.95. The molecule has 1 aromatic carbocycles. The monoisotopic (exact) mass is 359 g/mol. The molecule has 0 aliphatic carbocycles. The molecule has 1 unspecified atom stereocenters. The molecule has 2 aliphatic heterocycles. The number of amides is 3. The first-order valence-electron chi connectivity index (χ1n) is 8.76. The van der Waals surface area contributed by atoms with E-state index >= 15 is 0 Å². The number of urea groups is 1. The number of ether oxygens (including phenoxy) is 2. The Labute approximate surface area is 153 Å². The van der Waals surface area contributed by atoms with Crippen molar-refractivity contribution in [3.8, 4) is 11.5 Å². The molecule has 2 heterocycles. The molecular weight excluding hydrogens is 334 g/mol. The van der Waals surface area contributed by atoms with Crippen molar-refractivity contribution in [2.45, 2.75) is 26.3 Å². The van der Waals surface area contributed by atoms with Crippen molar-refractivity contribution in [1.29, 1.82) is 0 Å². The zero-order valence-electron chi connectivity index (χ0n) is 15.6. The van der Waals surface area contributed by atoms with E-state index in [1.807, 2.05) is 6.07 Å². The molecule has 1 aromatic rings. The van der Waals surface area contributed by atoms with Crippen molar-refractivity contribution in [2.24, 2.45) is 5.92 Å². The van der Waals surface area contributed by atoms with Crippen molar-refractivity contribution >= 4 is 11.9 Å². The highest BCUT2D eigenvalue weighted by Crippen LogP contribution is 2.36. The Bertz CT molecular complexity index is 757. The SMILES string of the molecule is COc1ccc(C2NC(=O)NC3=C2C(=O)N(CCC(C)C)C3)cc1OC. The number of carbonyl (C=O) groups is 2. The van der Waals surface area contributed by atoms with Crippen molar-refractivity contribution in [2.75, 3.05) is 27.3 Å². The molecule has 0 saturated heterocycles. The third kappa shape index (κ3) is 3.34. The highest BCUT2D eigenvalue weighted by atomic mass is 16.5. The quantitative estimate of drug-likeness (QED) is 0.816. The third-order valence-corrected chi connectivity index (χ3v) is 4.74. The average molecular weight is 359 g/mol. The summed E-state index contributed by atoms with van der Waals surface area (Å²) in [5.41, 5.74) is 2.06. The van der Waals surface area contributed by atoms with Crippen LogP contribution in [0.3, 0.4) is 0 Å². The lowest BCUT2D eigenvalue weighted by molar-refractivity contribution is -0.125. The standard InChI is InChI=1S/C19H25N3O4/c1-11(2)7-8-22-10-13-16(18(22)23)17(21-19(24)20-13)12-5-6-14(25-3)15(9-12)26-4/h5-6,9,11,17H,7-8,10H2,1-4H3,(H2,20,21,24). The van der Waals surface area contributed by atoms with Crippen molar-refractivity contribution in [3.63, 3.8) is 0 Å². The van der Waals surface area contributed by atoms with E-state index in [0.717, 1.165) is 12.0 Å². The predicted molar refractivity (Wildman–Crippen MR) is 97.0 cm³/mol. The molecule has 26 heavy (non-hydrogen) atoms. The lowest BCUT2D eigenvalue weighted by Gasteiger charge is -2.26. The molecule has 2 aliphatic rings. The number of hydrogen-bond acceptors (Lipinski definition) is 4. The maximum Gasteiger partial charge on any atom is 0.319 e. The second kappa shape index (κ2) is 7.27. The Morgan fingerprint density at radius 2 is 1.92 bits per heavy atom. The summed E-state index contributed by atoms with van der Waals surface area (Å²) < 4.78 is 10.6. The minimum atomic E-state index is -0.505. The van der Waals surface area contributed by atoms with Gasteiger partial charge in [-0.05, 0) is 30.0 Å². The van der Waals surface area contributed by atoms with Gasteiger partial charge in [0.05, 0.1) is 38.1 Å². The van der Waals surface area contributed by atoms with Crippen LogP contribution in [-0.2, 0) is 4.79 Å². The van der Waals surface area contributed by atoms with E-state index in [-0.39, 0.29) is 11.9 Å². The first-order chi connectivity index (χ1) is 12.4. The zero-order valence-corrected chi connectivity index (χ0v) is 15.6. The maximum absolute atomic E-state index is 12.9. The Balaban J connectivity index is 1.91. The van der Waals surface area contributed by atoms with Crippen LogP contribution in [0.25, 0.3) is 0 Å². The van der Waals surface area contributed by atoms with Crippen molar-refractivity contribution in [3.05, 3.63) is 35.0 Å². The van der Waals surface area contributed by atoms with Crippen LogP contribution in [0.2, 0.25) is 0 Å². The fourth-order valence-corrected chi connectivity index (χ4v) is 3.31. The minimum absolute atomic E-state index is 0.0343. The molecule has 3 amide bonds. The number of methoxy groups -OCH3 is 2. The van der Waals surface area contributed by atoms with Gasteiger partial charge in [0.25, 0.3) is 5.91 Å². The molecule has 0 saturated carbocycles. The minimum Gasteiger partial charge on any atom is -0.493 e.